The number of hydrogen-bond donors (Lipinski definition) is 3. The number of carboxylic acid groups (broad SMARTS) is 1. The first-order valence-corrected chi connectivity index (χ1v) is 9.52. The topological polar surface area (TPSA) is 125 Å². The maximum atomic E-state index is 14.6. The smallest absolute Gasteiger partial charge is 0.411 e. The minimum absolute atomic E-state index is 0.0210. The summed E-state index contributed by atoms with van der Waals surface area (Å²) in [6.07, 6.45) is 1.84. The summed E-state index contributed by atoms with van der Waals surface area (Å²) in [5.41, 5.74) is -0.131. The molecule has 1 heterocycles. The molecule has 2 rings (SSSR count). The van der Waals surface area contributed by atoms with Crippen LogP contribution in [0.15, 0.2) is 24.8 Å². The van der Waals surface area contributed by atoms with Gasteiger partial charge in [-0.3, -0.25) is 14.9 Å². The quantitative estimate of drug-likeness (QED) is 0.389. The zero-order valence-electron chi connectivity index (χ0n) is 16.4. The summed E-state index contributed by atoms with van der Waals surface area (Å²) in [6.45, 7) is 3.50. The molecule has 2 amide bonds. The molecule has 3 N–H and O–H groups in total. The Morgan fingerprint density at radius 3 is 2.80 bits per heavy atom. The number of ether oxygens (including phenoxy) is 2. The number of nitrogens with zero attached hydrogens (tertiary/aromatic N) is 1. The van der Waals surface area contributed by atoms with E-state index in [0.29, 0.717) is 19.4 Å². The first-order chi connectivity index (χ1) is 14.4. The van der Waals surface area contributed by atoms with Crippen LogP contribution in [0, 0.1) is 5.82 Å². The number of anilines is 1. The number of aliphatic hydroxyl groups excluding tert-OH is 1. The van der Waals surface area contributed by atoms with Crippen LogP contribution in [0.3, 0.4) is 0 Å². The van der Waals surface area contributed by atoms with E-state index < -0.39 is 23.8 Å². The van der Waals surface area contributed by atoms with Crippen molar-refractivity contribution in [2.24, 2.45) is 0 Å². The average molecular weight is 424 g/mol. The second kappa shape index (κ2) is 11.1. The summed E-state index contributed by atoms with van der Waals surface area (Å²) in [4.78, 5) is 36.9. The van der Waals surface area contributed by atoms with Gasteiger partial charge in [-0.05, 0) is 25.3 Å². The number of carboxylic acids is 1. The van der Waals surface area contributed by atoms with Crippen LogP contribution in [0.2, 0.25) is 0 Å². The Bertz CT molecular complexity index is 800. The molecule has 0 radical (unpaired) electrons. The van der Waals surface area contributed by atoms with Gasteiger partial charge < -0.3 is 24.6 Å². The van der Waals surface area contributed by atoms with E-state index in [1.54, 1.807) is 0 Å². The van der Waals surface area contributed by atoms with Gasteiger partial charge in [0.05, 0.1) is 30.5 Å². The summed E-state index contributed by atoms with van der Waals surface area (Å²) in [5, 5.41) is 20.5. The molecule has 0 unspecified atom stereocenters. The third-order valence-electron chi connectivity index (χ3n) is 4.51. The van der Waals surface area contributed by atoms with E-state index in [-0.39, 0.29) is 55.7 Å². The van der Waals surface area contributed by atoms with E-state index in [2.05, 4.69) is 11.9 Å². The molecule has 0 aromatic heterocycles. The Morgan fingerprint density at radius 1 is 1.37 bits per heavy atom. The number of aliphatic hydroxyl groups is 1. The molecule has 164 valence electrons. The number of aliphatic carboxylic acids is 1. The molecule has 0 aliphatic carbocycles. The standard InChI is InChI=1S/C20H25FN2O7/c1-2-8-30-20(28)22-16-11-17(29-9-4-6-18(25)26)15(21)10-14(16)19(27)23-7-3-5-13(23)12-24/h2,10-11,13,24H,1,3-9,12H2,(H,22,28)(H,25,26)/t13-/m0/s1. The number of amides is 2. The summed E-state index contributed by atoms with van der Waals surface area (Å²) >= 11 is 0. The lowest BCUT2D eigenvalue weighted by atomic mass is 10.1. The Morgan fingerprint density at radius 2 is 2.13 bits per heavy atom. The van der Waals surface area contributed by atoms with Crippen molar-refractivity contribution in [1.29, 1.82) is 0 Å². The van der Waals surface area contributed by atoms with Gasteiger partial charge in [0, 0.05) is 19.0 Å². The van der Waals surface area contributed by atoms with Crippen LogP contribution in [-0.2, 0) is 9.53 Å². The molecule has 10 heteroatoms. The molecule has 30 heavy (non-hydrogen) atoms. The SMILES string of the molecule is C=CCOC(=O)Nc1cc(OCCCC(=O)O)c(F)cc1C(=O)N1CCC[C@H]1CO. The molecule has 1 aliphatic rings. The Kier molecular flexibility index (Phi) is 8.60. The van der Waals surface area contributed by atoms with Gasteiger partial charge in [0.25, 0.3) is 5.91 Å². The van der Waals surface area contributed by atoms with Crippen molar-refractivity contribution >= 4 is 23.7 Å². The van der Waals surface area contributed by atoms with Crippen LogP contribution in [0.1, 0.15) is 36.0 Å². The molecule has 1 atom stereocenters. The minimum atomic E-state index is -1.00. The van der Waals surface area contributed by atoms with Crippen molar-refractivity contribution in [2.75, 3.05) is 31.7 Å². The second-order valence-corrected chi connectivity index (χ2v) is 6.66. The minimum Gasteiger partial charge on any atom is -0.490 e. The van der Waals surface area contributed by atoms with Crippen molar-refractivity contribution in [2.45, 2.75) is 31.7 Å². The normalized spacial score (nSPS) is 15.5. The molecule has 9 nitrogen and oxygen atoms in total. The van der Waals surface area contributed by atoms with Gasteiger partial charge in [-0.1, -0.05) is 12.7 Å². The monoisotopic (exact) mass is 424 g/mol. The highest BCUT2D eigenvalue weighted by molar-refractivity contribution is 6.03. The van der Waals surface area contributed by atoms with Crippen molar-refractivity contribution in [3.8, 4) is 5.75 Å². The average Bonchev–Trinajstić information content (AvgIpc) is 3.19. The fourth-order valence-corrected chi connectivity index (χ4v) is 3.08. The molecule has 1 aromatic rings. The van der Waals surface area contributed by atoms with Crippen LogP contribution in [-0.4, -0.2) is 65.5 Å². The number of halogens is 1. The molecule has 0 spiro atoms. The van der Waals surface area contributed by atoms with Gasteiger partial charge in [0.15, 0.2) is 11.6 Å². The van der Waals surface area contributed by atoms with Crippen molar-refractivity contribution in [1.82, 2.24) is 4.90 Å². The third kappa shape index (κ3) is 6.18. The van der Waals surface area contributed by atoms with E-state index in [1.165, 1.54) is 11.0 Å². The van der Waals surface area contributed by atoms with E-state index in [0.717, 1.165) is 12.1 Å². The number of nitrogens with one attached hydrogen (secondary N) is 1. The molecular weight excluding hydrogens is 399 g/mol. The second-order valence-electron chi connectivity index (χ2n) is 6.66. The number of carbonyl (C=O) groups is 3. The first kappa shape index (κ1) is 23.1. The highest BCUT2D eigenvalue weighted by Gasteiger charge is 2.31. The van der Waals surface area contributed by atoms with E-state index in [4.69, 9.17) is 14.6 Å². The van der Waals surface area contributed by atoms with E-state index >= 15 is 0 Å². The largest absolute Gasteiger partial charge is 0.490 e. The maximum absolute atomic E-state index is 14.6. The van der Waals surface area contributed by atoms with Gasteiger partial charge in [-0.2, -0.15) is 0 Å². The van der Waals surface area contributed by atoms with Gasteiger partial charge in [-0.15, -0.1) is 0 Å². The lowest BCUT2D eigenvalue weighted by Crippen LogP contribution is -2.38. The lowest BCUT2D eigenvalue weighted by molar-refractivity contribution is -0.137. The molecule has 0 bridgehead atoms. The molecular formula is C20H25FN2O7. The van der Waals surface area contributed by atoms with Crippen LogP contribution in [0.5, 0.6) is 5.75 Å². The van der Waals surface area contributed by atoms with Gasteiger partial charge in [0.1, 0.15) is 6.61 Å². The summed E-state index contributed by atoms with van der Waals surface area (Å²) in [5.74, 6) is -2.62. The van der Waals surface area contributed by atoms with E-state index in [1.807, 2.05) is 0 Å². The van der Waals surface area contributed by atoms with Crippen molar-refractivity contribution in [3.63, 3.8) is 0 Å². The summed E-state index contributed by atoms with van der Waals surface area (Å²) in [6, 6.07) is 1.72. The van der Waals surface area contributed by atoms with Crippen LogP contribution in [0.4, 0.5) is 14.9 Å². The number of rotatable bonds is 10. The number of benzene rings is 1. The Hall–Kier alpha value is -3.14. The van der Waals surface area contributed by atoms with Crippen molar-refractivity contribution < 1.29 is 38.5 Å². The molecule has 1 aromatic carbocycles. The summed E-state index contributed by atoms with van der Waals surface area (Å²) in [7, 11) is 0. The first-order valence-electron chi connectivity index (χ1n) is 9.52. The van der Waals surface area contributed by atoms with Gasteiger partial charge in [0.2, 0.25) is 0 Å². The van der Waals surface area contributed by atoms with Crippen molar-refractivity contribution in [3.05, 3.63) is 36.2 Å². The predicted molar refractivity (Wildman–Crippen MR) is 105 cm³/mol. The van der Waals surface area contributed by atoms with Crippen LogP contribution in [0.25, 0.3) is 0 Å². The zero-order valence-corrected chi connectivity index (χ0v) is 16.4. The van der Waals surface area contributed by atoms with Gasteiger partial charge >= 0.3 is 12.1 Å². The lowest BCUT2D eigenvalue weighted by Gasteiger charge is -2.24. The van der Waals surface area contributed by atoms with Crippen LogP contribution < -0.4 is 10.1 Å². The Balaban J connectivity index is 2.27. The highest BCUT2D eigenvalue weighted by Crippen LogP contribution is 2.30. The predicted octanol–water partition coefficient (Wildman–Crippen LogP) is 2.40. The van der Waals surface area contributed by atoms with Gasteiger partial charge in [-0.25, -0.2) is 9.18 Å². The molecule has 0 saturated carbocycles. The fraction of sp³-hybridized carbons (Fsp3) is 0.450. The molecule has 1 aliphatic heterocycles. The maximum Gasteiger partial charge on any atom is 0.411 e. The number of hydrogen-bond acceptors (Lipinski definition) is 6. The Labute approximate surface area is 173 Å². The molecule has 1 saturated heterocycles. The van der Waals surface area contributed by atoms with Crippen LogP contribution >= 0.6 is 0 Å². The van der Waals surface area contributed by atoms with E-state index in [9.17, 15) is 23.9 Å². The number of carbonyl (C=O) groups excluding carboxylic acids is 2. The zero-order chi connectivity index (χ0) is 22.1. The summed E-state index contributed by atoms with van der Waals surface area (Å²) < 4.78 is 24.7. The molecule has 1 fully saturated rings. The number of likely N-dealkylation sites (tertiary alicyclic amines) is 1. The fourth-order valence-electron chi connectivity index (χ4n) is 3.08. The third-order valence-corrected chi connectivity index (χ3v) is 4.51. The highest BCUT2D eigenvalue weighted by atomic mass is 19.1.